The van der Waals surface area contributed by atoms with Crippen LogP contribution in [0.5, 0.6) is 0 Å². The quantitative estimate of drug-likeness (QED) is 0.450. The standard InChI is InChI=1S/C9H11N.C2H6/c1-4-8(3)6-9(5-2)7-10;1-2/h4-6H,1H2,2-3H3;1-2H3/b8-6-,9-5+;. The minimum Gasteiger partial charge on any atom is -0.192 e. The largest absolute Gasteiger partial charge is 0.192 e. The molecule has 66 valence electrons. The molecular weight excluding hydrogens is 146 g/mol. The molecule has 0 heterocycles. The zero-order chi connectivity index (χ0) is 9.98. The maximum absolute atomic E-state index is 8.47. The number of rotatable bonds is 2. The summed E-state index contributed by atoms with van der Waals surface area (Å²) in [5.41, 5.74) is 1.69. The van der Waals surface area contributed by atoms with Crippen LogP contribution in [0.3, 0.4) is 0 Å². The van der Waals surface area contributed by atoms with E-state index in [2.05, 4.69) is 12.6 Å². The van der Waals surface area contributed by atoms with Crippen LogP contribution < -0.4 is 0 Å². The van der Waals surface area contributed by atoms with Crippen molar-refractivity contribution < 1.29 is 0 Å². The van der Waals surface area contributed by atoms with Crippen LogP contribution in [0.25, 0.3) is 0 Å². The smallest absolute Gasteiger partial charge is 0.0988 e. The number of hydrogen-bond donors (Lipinski definition) is 0. The normalized spacial score (nSPS) is 10.9. The summed E-state index contributed by atoms with van der Waals surface area (Å²) in [4.78, 5) is 0. The highest BCUT2D eigenvalue weighted by Gasteiger charge is 1.85. The molecule has 0 saturated carbocycles. The second kappa shape index (κ2) is 9.71. The molecule has 0 radical (unpaired) electrons. The third-order valence-corrected chi connectivity index (χ3v) is 1.15. The van der Waals surface area contributed by atoms with Gasteiger partial charge in [0.05, 0.1) is 6.07 Å². The molecule has 12 heavy (non-hydrogen) atoms. The van der Waals surface area contributed by atoms with Crippen molar-refractivity contribution in [2.75, 3.05) is 0 Å². The van der Waals surface area contributed by atoms with Crippen molar-refractivity contribution in [2.45, 2.75) is 27.7 Å². The van der Waals surface area contributed by atoms with E-state index >= 15 is 0 Å². The molecule has 0 aromatic carbocycles. The van der Waals surface area contributed by atoms with E-state index in [4.69, 9.17) is 5.26 Å². The van der Waals surface area contributed by atoms with Gasteiger partial charge in [-0.3, -0.25) is 0 Å². The van der Waals surface area contributed by atoms with Crippen LogP contribution >= 0.6 is 0 Å². The fourth-order valence-corrected chi connectivity index (χ4v) is 0.484. The predicted molar refractivity (Wildman–Crippen MR) is 54.7 cm³/mol. The fourth-order valence-electron chi connectivity index (χ4n) is 0.484. The van der Waals surface area contributed by atoms with E-state index in [9.17, 15) is 0 Å². The van der Waals surface area contributed by atoms with Crippen LogP contribution in [0.2, 0.25) is 0 Å². The lowest BCUT2D eigenvalue weighted by atomic mass is 10.2. The molecule has 0 N–H and O–H groups in total. The van der Waals surface area contributed by atoms with Crippen LogP contribution in [0.4, 0.5) is 0 Å². The highest BCUT2D eigenvalue weighted by Crippen LogP contribution is 2.00. The molecule has 1 nitrogen and oxygen atoms in total. The van der Waals surface area contributed by atoms with Crippen LogP contribution in [0.15, 0.2) is 36.0 Å². The molecule has 0 unspecified atom stereocenters. The Hall–Kier alpha value is -1.29. The Balaban J connectivity index is 0. The highest BCUT2D eigenvalue weighted by atomic mass is 14.2. The third kappa shape index (κ3) is 6.82. The SMILES string of the molecule is C=C/C(C)=C\C(C#N)=C/C.CC. The summed E-state index contributed by atoms with van der Waals surface area (Å²) in [7, 11) is 0. The molecule has 0 bridgehead atoms. The maximum atomic E-state index is 8.47. The first-order chi connectivity index (χ1) is 5.74. The van der Waals surface area contributed by atoms with Crippen molar-refractivity contribution in [3.05, 3.63) is 36.0 Å². The van der Waals surface area contributed by atoms with Gasteiger partial charge in [0.2, 0.25) is 0 Å². The molecule has 0 fully saturated rings. The van der Waals surface area contributed by atoms with Gasteiger partial charge in [0.1, 0.15) is 0 Å². The zero-order valence-electron chi connectivity index (χ0n) is 8.39. The molecule has 0 aliphatic rings. The third-order valence-electron chi connectivity index (χ3n) is 1.15. The van der Waals surface area contributed by atoms with Gasteiger partial charge in [-0.2, -0.15) is 5.26 Å². The van der Waals surface area contributed by atoms with Gasteiger partial charge in [-0.1, -0.05) is 38.2 Å². The molecule has 0 rings (SSSR count). The van der Waals surface area contributed by atoms with Gasteiger partial charge < -0.3 is 0 Å². The van der Waals surface area contributed by atoms with Gasteiger partial charge in [-0.25, -0.2) is 0 Å². The zero-order valence-corrected chi connectivity index (χ0v) is 8.39. The summed E-state index contributed by atoms with van der Waals surface area (Å²) < 4.78 is 0. The minimum absolute atomic E-state index is 0.678. The van der Waals surface area contributed by atoms with E-state index in [0.717, 1.165) is 5.57 Å². The Bertz CT molecular complexity index is 214. The second-order valence-electron chi connectivity index (χ2n) is 1.95. The van der Waals surface area contributed by atoms with E-state index < -0.39 is 0 Å². The van der Waals surface area contributed by atoms with Crippen molar-refractivity contribution >= 4 is 0 Å². The number of hydrogen-bond acceptors (Lipinski definition) is 1. The minimum atomic E-state index is 0.678. The first-order valence-corrected chi connectivity index (χ1v) is 4.11. The van der Waals surface area contributed by atoms with E-state index in [1.807, 2.05) is 27.7 Å². The molecule has 1 heteroatoms. The molecule has 0 amide bonds. The average molecular weight is 163 g/mol. The highest BCUT2D eigenvalue weighted by molar-refractivity contribution is 5.36. The van der Waals surface area contributed by atoms with Gasteiger partial charge in [0.15, 0.2) is 0 Å². The van der Waals surface area contributed by atoms with Gasteiger partial charge in [0.25, 0.3) is 0 Å². The van der Waals surface area contributed by atoms with Crippen LogP contribution in [0, 0.1) is 11.3 Å². The van der Waals surface area contributed by atoms with Crippen molar-refractivity contribution in [1.82, 2.24) is 0 Å². The molecule has 0 atom stereocenters. The Kier molecular flexibility index (Phi) is 10.8. The average Bonchev–Trinajstić information content (AvgIpc) is 2.16. The number of nitriles is 1. The molecule has 0 aliphatic carbocycles. The van der Waals surface area contributed by atoms with Crippen molar-refractivity contribution in [3.8, 4) is 6.07 Å². The molecule has 0 aliphatic heterocycles. The van der Waals surface area contributed by atoms with E-state index in [0.29, 0.717) is 5.57 Å². The molecule has 0 aromatic heterocycles. The number of nitrogens with zero attached hydrogens (tertiary/aromatic N) is 1. The Labute approximate surface area is 75.7 Å². The van der Waals surface area contributed by atoms with Crippen molar-refractivity contribution in [1.29, 1.82) is 5.26 Å². The summed E-state index contributed by atoms with van der Waals surface area (Å²) in [5, 5.41) is 8.47. The summed E-state index contributed by atoms with van der Waals surface area (Å²) in [6.07, 6.45) is 5.29. The van der Waals surface area contributed by atoms with Gasteiger partial charge in [-0.05, 0) is 19.9 Å². The van der Waals surface area contributed by atoms with Crippen LogP contribution in [-0.4, -0.2) is 0 Å². The molecule has 0 spiro atoms. The summed E-state index contributed by atoms with van der Waals surface area (Å²) in [6.45, 7) is 11.3. The Morgan fingerprint density at radius 1 is 1.42 bits per heavy atom. The fraction of sp³-hybridized carbons (Fsp3) is 0.364. The predicted octanol–water partition coefficient (Wildman–Crippen LogP) is 3.61. The van der Waals surface area contributed by atoms with Crippen molar-refractivity contribution in [3.63, 3.8) is 0 Å². The van der Waals surface area contributed by atoms with Gasteiger partial charge in [-0.15, -0.1) is 0 Å². The Morgan fingerprint density at radius 3 is 2.17 bits per heavy atom. The summed E-state index contributed by atoms with van der Waals surface area (Å²) >= 11 is 0. The summed E-state index contributed by atoms with van der Waals surface area (Å²) in [5.74, 6) is 0. The lowest BCUT2D eigenvalue weighted by Crippen LogP contribution is -1.72. The van der Waals surface area contributed by atoms with E-state index in [1.54, 1.807) is 18.2 Å². The van der Waals surface area contributed by atoms with Gasteiger partial charge in [0, 0.05) is 5.57 Å². The first-order valence-electron chi connectivity index (χ1n) is 4.11. The topological polar surface area (TPSA) is 23.8 Å². The van der Waals surface area contributed by atoms with E-state index in [-0.39, 0.29) is 0 Å². The van der Waals surface area contributed by atoms with Gasteiger partial charge >= 0.3 is 0 Å². The van der Waals surface area contributed by atoms with E-state index in [1.165, 1.54) is 0 Å². The lowest BCUT2D eigenvalue weighted by molar-refractivity contribution is 1.44. The Morgan fingerprint density at radius 2 is 1.92 bits per heavy atom. The molecular formula is C11H17N. The molecule has 0 aromatic rings. The lowest BCUT2D eigenvalue weighted by Gasteiger charge is -1.87. The first kappa shape index (κ1) is 13.3. The maximum Gasteiger partial charge on any atom is 0.0988 e. The second-order valence-corrected chi connectivity index (χ2v) is 1.95. The monoisotopic (exact) mass is 163 g/mol. The number of allylic oxidation sites excluding steroid dienone is 5. The summed E-state index contributed by atoms with van der Waals surface area (Å²) in [6, 6.07) is 2.05. The van der Waals surface area contributed by atoms with Crippen LogP contribution in [-0.2, 0) is 0 Å². The van der Waals surface area contributed by atoms with Crippen molar-refractivity contribution in [2.24, 2.45) is 0 Å². The van der Waals surface area contributed by atoms with Crippen LogP contribution in [0.1, 0.15) is 27.7 Å². The molecule has 0 saturated heterocycles.